The van der Waals surface area contributed by atoms with Gasteiger partial charge in [-0.05, 0) is 43.2 Å². The van der Waals surface area contributed by atoms with Crippen LogP contribution in [-0.4, -0.2) is 53.4 Å². The Morgan fingerprint density at radius 2 is 1.85 bits per heavy atom. The van der Waals surface area contributed by atoms with Crippen molar-refractivity contribution in [3.8, 4) is 0 Å². The fourth-order valence-electron chi connectivity index (χ4n) is 4.97. The lowest BCUT2D eigenvalue weighted by Gasteiger charge is -2.42. The third-order valence-electron chi connectivity index (χ3n) is 6.59. The van der Waals surface area contributed by atoms with E-state index in [9.17, 15) is 13.2 Å². The number of carbonyl (C=O) groups excluding carboxylic acids is 1. The van der Waals surface area contributed by atoms with Crippen molar-refractivity contribution in [1.82, 2.24) is 24.6 Å². The van der Waals surface area contributed by atoms with Crippen LogP contribution < -0.4 is 10.5 Å². The summed E-state index contributed by atoms with van der Waals surface area (Å²) in [6, 6.07) is 1.62. The van der Waals surface area contributed by atoms with Crippen LogP contribution >= 0.6 is 23.2 Å². The molecule has 0 spiro atoms. The third-order valence-corrected chi connectivity index (χ3v) is 8.80. The minimum Gasteiger partial charge on any atom is -0.398 e. The first-order valence-electron chi connectivity index (χ1n) is 11.1. The maximum atomic E-state index is 13.5. The number of carbonyl (C=O) groups is 1. The maximum Gasteiger partial charge on any atom is 0.244 e. The van der Waals surface area contributed by atoms with Gasteiger partial charge in [0.1, 0.15) is 10.9 Å². The van der Waals surface area contributed by atoms with Crippen LogP contribution in [0.25, 0.3) is 0 Å². The van der Waals surface area contributed by atoms with E-state index in [1.165, 1.54) is 48.6 Å². The molecule has 1 saturated heterocycles. The van der Waals surface area contributed by atoms with Gasteiger partial charge in [-0.3, -0.25) is 4.79 Å². The van der Waals surface area contributed by atoms with Crippen LogP contribution in [0.5, 0.6) is 0 Å². The second kappa shape index (κ2) is 10.2. The topological polar surface area (TPSA) is 123 Å². The zero-order valence-electron chi connectivity index (χ0n) is 18.2. The Balaban J connectivity index is 1.56. The Morgan fingerprint density at radius 3 is 2.55 bits per heavy atom. The molecule has 4 rings (SSSR count). The number of amides is 1. The number of nitrogens with two attached hydrogens (primary N) is 1. The van der Waals surface area contributed by atoms with Gasteiger partial charge in [0.05, 0.1) is 29.6 Å². The zero-order chi connectivity index (χ0) is 23.6. The van der Waals surface area contributed by atoms with Gasteiger partial charge in [0.25, 0.3) is 0 Å². The van der Waals surface area contributed by atoms with Crippen molar-refractivity contribution in [1.29, 1.82) is 0 Å². The normalized spacial score (nSPS) is 22.1. The molecule has 2 aliphatic rings. The second-order valence-electron chi connectivity index (χ2n) is 8.77. The number of nitrogen functional groups attached to an aromatic ring is 1. The van der Waals surface area contributed by atoms with Gasteiger partial charge in [-0.15, -0.1) is 0 Å². The lowest BCUT2D eigenvalue weighted by Crippen LogP contribution is -2.53. The molecule has 180 valence electrons. The molecule has 1 amide bonds. The zero-order valence-corrected chi connectivity index (χ0v) is 20.5. The molecule has 2 fully saturated rings. The summed E-state index contributed by atoms with van der Waals surface area (Å²) in [4.78, 5) is 16.5. The van der Waals surface area contributed by atoms with Crippen molar-refractivity contribution < 1.29 is 13.2 Å². The van der Waals surface area contributed by atoms with Crippen molar-refractivity contribution >= 4 is 44.8 Å². The quantitative estimate of drug-likeness (QED) is 0.547. The number of piperidine rings is 1. The van der Waals surface area contributed by atoms with Crippen LogP contribution in [0.15, 0.2) is 29.4 Å². The van der Waals surface area contributed by atoms with E-state index in [1.54, 1.807) is 4.90 Å². The number of nitrogens with one attached hydrogen (secondary N) is 1. The van der Waals surface area contributed by atoms with Crippen molar-refractivity contribution in [3.63, 3.8) is 0 Å². The van der Waals surface area contributed by atoms with Gasteiger partial charge in [0.2, 0.25) is 15.9 Å². The predicted octanol–water partition coefficient (Wildman–Crippen LogP) is 2.94. The molecule has 33 heavy (non-hydrogen) atoms. The Morgan fingerprint density at radius 1 is 1.15 bits per heavy atom. The lowest BCUT2D eigenvalue weighted by molar-refractivity contribution is -0.136. The highest BCUT2D eigenvalue weighted by molar-refractivity contribution is 7.89. The Kier molecular flexibility index (Phi) is 7.47. The Labute approximate surface area is 203 Å². The number of hydrogen-bond acceptors (Lipinski definition) is 6. The third kappa shape index (κ3) is 5.62. The molecule has 0 radical (unpaired) electrons. The molecule has 2 aromatic rings. The first-order chi connectivity index (χ1) is 15.7. The standard InChI is InChI=1S/C21H28Cl2N6O3S/c22-16-11-17(23)20(18(24)12-16)33(31,32)27-19(6-10-29-25-7-8-26-29)21(30)28-9-5-14-3-1-2-4-15(14)13-28/h7-8,11-12,14-15,19,27H,1-6,9-10,13,24H2/t14?,15-,19?/m1/s1. The monoisotopic (exact) mass is 514 g/mol. The molecule has 2 unspecified atom stereocenters. The van der Waals surface area contributed by atoms with Crippen molar-refractivity contribution in [2.75, 3.05) is 18.8 Å². The summed E-state index contributed by atoms with van der Waals surface area (Å²) in [6.07, 6.45) is 8.94. The number of rotatable bonds is 7. The molecule has 2 heterocycles. The van der Waals surface area contributed by atoms with Gasteiger partial charge in [0, 0.05) is 18.1 Å². The summed E-state index contributed by atoms with van der Waals surface area (Å²) in [7, 11) is -4.20. The largest absolute Gasteiger partial charge is 0.398 e. The number of aromatic nitrogens is 3. The van der Waals surface area contributed by atoms with E-state index in [0.29, 0.717) is 24.9 Å². The predicted molar refractivity (Wildman–Crippen MR) is 126 cm³/mol. The number of likely N-dealkylation sites (tertiary alicyclic amines) is 1. The van der Waals surface area contributed by atoms with Gasteiger partial charge in [-0.2, -0.15) is 19.7 Å². The minimum absolute atomic E-state index is 0.0806. The van der Waals surface area contributed by atoms with Crippen LogP contribution in [0.4, 0.5) is 5.69 Å². The average molecular weight is 515 g/mol. The van der Waals surface area contributed by atoms with Gasteiger partial charge >= 0.3 is 0 Å². The Hall–Kier alpha value is -1.88. The maximum absolute atomic E-state index is 13.5. The molecule has 3 atom stereocenters. The fraction of sp³-hybridized carbons (Fsp3) is 0.571. The Bertz CT molecular complexity index is 1070. The van der Waals surface area contributed by atoms with Crippen LogP contribution in [0, 0.1) is 11.8 Å². The van der Waals surface area contributed by atoms with Crippen LogP contribution in [0.2, 0.25) is 10.0 Å². The number of fused-ring (bicyclic) bond motifs is 1. The number of nitrogens with zero attached hydrogens (tertiary/aromatic N) is 4. The smallest absolute Gasteiger partial charge is 0.244 e. The molecule has 1 saturated carbocycles. The summed E-state index contributed by atoms with van der Waals surface area (Å²) in [6.45, 7) is 1.56. The van der Waals surface area contributed by atoms with E-state index < -0.39 is 16.1 Å². The first kappa shape index (κ1) is 24.3. The van der Waals surface area contributed by atoms with Crippen molar-refractivity contribution in [3.05, 3.63) is 34.6 Å². The van der Waals surface area contributed by atoms with E-state index in [0.717, 1.165) is 12.8 Å². The first-order valence-corrected chi connectivity index (χ1v) is 13.4. The summed E-state index contributed by atoms with van der Waals surface area (Å²) in [5, 5.41) is 8.23. The molecule has 9 nitrogen and oxygen atoms in total. The highest BCUT2D eigenvalue weighted by Gasteiger charge is 2.37. The number of hydrogen-bond donors (Lipinski definition) is 2. The molecule has 1 aliphatic heterocycles. The average Bonchev–Trinajstić information content (AvgIpc) is 3.28. The van der Waals surface area contributed by atoms with Crippen LogP contribution in [0.1, 0.15) is 38.5 Å². The number of sulfonamides is 1. The highest BCUT2D eigenvalue weighted by Crippen LogP contribution is 2.36. The molecule has 12 heteroatoms. The second-order valence-corrected chi connectivity index (χ2v) is 11.3. The minimum atomic E-state index is -4.20. The van der Waals surface area contributed by atoms with Crippen LogP contribution in [-0.2, 0) is 21.4 Å². The van der Waals surface area contributed by atoms with Gasteiger partial charge in [-0.1, -0.05) is 42.5 Å². The molecule has 1 aliphatic carbocycles. The number of halogens is 2. The molecular weight excluding hydrogens is 487 g/mol. The molecule has 1 aromatic carbocycles. The molecule has 1 aromatic heterocycles. The van der Waals surface area contributed by atoms with Gasteiger partial charge in [0.15, 0.2) is 0 Å². The molecule has 3 N–H and O–H groups in total. The highest BCUT2D eigenvalue weighted by atomic mass is 35.5. The van der Waals surface area contributed by atoms with Gasteiger partial charge in [-0.25, -0.2) is 8.42 Å². The summed E-state index contributed by atoms with van der Waals surface area (Å²) in [5.41, 5.74) is 5.84. The van der Waals surface area contributed by atoms with Crippen LogP contribution in [0.3, 0.4) is 0 Å². The van der Waals surface area contributed by atoms with Crippen molar-refractivity contribution in [2.24, 2.45) is 11.8 Å². The summed E-state index contributed by atoms with van der Waals surface area (Å²) >= 11 is 12.1. The SMILES string of the molecule is Nc1cc(Cl)cc(Cl)c1S(=O)(=O)NC(CCn1nccn1)C(=O)N1CCC2CCCC[C@@H]2C1. The fourth-order valence-corrected chi connectivity index (χ4v) is 7.18. The van der Waals surface area contributed by atoms with Gasteiger partial charge < -0.3 is 10.6 Å². The van der Waals surface area contributed by atoms with Crippen molar-refractivity contribution in [2.45, 2.75) is 56.0 Å². The van der Waals surface area contributed by atoms with E-state index in [2.05, 4.69) is 14.9 Å². The summed E-state index contributed by atoms with van der Waals surface area (Å²) in [5.74, 6) is 0.875. The summed E-state index contributed by atoms with van der Waals surface area (Å²) < 4.78 is 29.0. The van der Waals surface area contributed by atoms with E-state index in [1.807, 2.05) is 0 Å². The van der Waals surface area contributed by atoms with E-state index in [4.69, 9.17) is 28.9 Å². The lowest BCUT2D eigenvalue weighted by atomic mass is 9.75. The number of anilines is 1. The number of benzene rings is 1. The molecule has 0 bridgehead atoms. The number of aryl methyl sites for hydroxylation is 1. The van der Waals surface area contributed by atoms with E-state index >= 15 is 0 Å². The van der Waals surface area contributed by atoms with E-state index in [-0.39, 0.29) is 39.5 Å². The molecular formula is C21H28Cl2N6O3S.